The highest BCUT2D eigenvalue weighted by molar-refractivity contribution is 5.93. The van der Waals surface area contributed by atoms with Gasteiger partial charge >= 0.3 is 5.69 Å². The van der Waals surface area contributed by atoms with E-state index in [0.717, 1.165) is 18.9 Å². The van der Waals surface area contributed by atoms with Crippen LogP contribution in [0.25, 0.3) is 0 Å². The van der Waals surface area contributed by atoms with Gasteiger partial charge in [-0.2, -0.15) is 5.10 Å². The number of hydrazone groups is 1. The first-order valence-electron chi connectivity index (χ1n) is 8.70. The quantitative estimate of drug-likeness (QED) is 0.318. The van der Waals surface area contributed by atoms with Gasteiger partial charge in [-0.15, -0.1) is 0 Å². The van der Waals surface area contributed by atoms with Crippen LogP contribution < -0.4 is 5.43 Å². The average Bonchev–Trinajstić information content (AvgIpc) is 2.58. The largest absolute Gasteiger partial charge is 0.301 e. The molecule has 0 saturated carbocycles. The summed E-state index contributed by atoms with van der Waals surface area (Å²) in [4.78, 5) is 20.6. The lowest BCUT2D eigenvalue weighted by atomic mass is 9.68. The summed E-state index contributed by atoms with van der Waals surface area (Å²) in [5.41, 5.74) is 4.16. The van der Waals surface area contributed by atoms with Crippen LogP contribution in [-0.4, -0.2) is 15.6 Å². The van der Waals surface area contributed by atoms with E-state index >= 15 is 0 Å². The predicted octanol–water partition coefficient (Wildman–Crippen LogP) is 5.23. The van der Waals surface area contributed by atoms with Crippen molar-refractivity contribution in [3.05, 3.63) is 62.2 Å². The maximum Gasteiger partial charge on any atom is 0.301 e. The number of hydrogen-bond acceptors (Lipinski definition) is 6. The number of anilines is 1. The lowest BCUT2D eigenvalue weighted by molar-refractivity contribution is -0.393. The minimum atomic E-state index is -0.672. The van der Waals surface area contributed by atoms with Crippen molar-refractivity contribution in [2.24, 2.45) is 16.4 Å². The fourth-order valence-corrected chi connectivity index (χ4v) is 3.28. The Morgan fingerprint density at radius 3 is 2.59 bits per heavy atom. The van der Waals surface area contributed by atoms with Gasteiger partial charge in [-0.3, -0.25) is 25.7 Å². The third-order valence-corrected chi connectivity index (χ3v) is 4.86. The zero-order valence-corrected chi connectivity index (χ0v) is 15.9. The topological polar surface area (TPSA) is 111 Å². The molecule has 144 valence electrons. The Hall–Kier alpha value is -3.03. The molecule has 1 aliphatic rings. The summed E-state index contributed by atoms with van der Waals surface area (Å²) in [5, 5.41) is 26.1. The third-order valence-electron chi connectivity index (χ3n) is 4.86. The normalized spacial score (nSPS) is 19.6. The van der Waals surface area contributed by atoms with Crippen molar-refractivity contribution in [2.45, 2.75) is 40.5 Å². The molecule has 1 N–H and O–H groups in total. The molecular weight excluding hydrogens is 348 g/mol. The molecule has 0 radical (unpaired) electrons. The van der Waals surface area contributed by atoms with Gasteiger partial charge in [-0.05, 0) is 44.2 Å². The number of allylic oxidation sites excluding steroid dienone is 4. The van der Waals surface area contributed by atoms with Crippen molar-refractivity contribution in [1.82, 2.24) is 0 Å². The molecule has 1 aliphatic carbocycles. The first-order chi connectivity index (χ1) is 12.6. The third kappa shape index (κ3) is 4.99. The summed E-state index contributed by atoms with van der Waals surface area (Å²) in [6.07, 6.45) is 8.45. The number of rotatable bonds is 6. The molecule has 27 heavy (non-hydrogen) atoms. The van der Waals surface area contributed by atoms with Gasteiger partial charge in [0.25, 0.3) is 5.69 Å². The van der Waals surface area contributed by atoms with Crippen molar-refractivity contribution >= 4 is 22.8 Å². The van der Waals surface area contributed by atoms with Gasteiger partial charge in [-0.25, -0.2) is 0 Å². The Labute approximate surface area is 158 Å². The van der Waals surface area contributed by atoms with Crippen LogP contribution in [0.1, 0.15) is 40.5 Å². The van der Waals surface area contributed by atoms with Crippen molar-refractivity contribution in [3.8, 4) is 0 Å². The second-order valence-corrected chi connectivity index (χ2v) is 7.39. The zero-order valence-electron chi connectivity index (χ0n) is 15.9. The van der Waals surface area contributed by atoms with E-state index in [2.05, 4.69) is 43.5 Å². The number of nitrogens with one attached hydrogen (secondary N) is 1. The number of nitrogens with zero attached hydrogens (tertiary/aromatic N) is 3. The molecule has 8 nitrogen and oxygen atoms in total. The molecule has 0 aliphatic heterocycles. The molecule has 2 rings (SSSR count). The molecule has 0 spiro atoms. The van der Waals surface area contributed by atoms with E-state index in [1.165, 1.54) is 17.7 Å². The Kier molecular flexibility index (Phi) is 6.09. The van der Waals surface area contributed by atoms with Crippen LogP contribution in [0.4, 0.5) is 17.1 Å². The predicted molar refractivity (Wildman–Crippen MR) is 106 cm³/mol. The second kappa shape index (κ2) is 8.11. The number of nitro groups is 2. The average molecular weight is 372 g/mol. The Morgan fingerprint density at radius 2 is 2.00 bits per heavy atom. The van der Waals surface area contributed by atoms with E-state index in [0.29, 0.717) is 11.6 Å². The SMILES string of the molecule is CC1=CCCC(C)(C)[C@@H]1/C=C/C(C)=N\Nc1ccc([N+](=O)[O-])cc1[N+](=O)[O-]. The number of benzene rings is 1. The maximum atomic E-state index is 11.2. The molecule has 0 amide bonds. The molecular formula is C19H24N4O4. The van der Waals surface area contributed by atoms with E-state index in [1.54, 1.807) is 6.92 Å². The van der Waals surface area contributed by atoms with Crippen LogP contribution in [0.5, 0.6) is 0 Å². The Balaban J connectivity index is 2.18. The van der Waals surface area contributed by atoms with E-state index in [9.17, 15) is 20.2 Å². The molecule has 0 saturated heterocycles. The molecule has 8 heteroatoms. The van der Waals surface area contributed by atoms with Crippen molar-refractivity contribution in [1.29, 1.82) is 0 Å². The summed E-state index contributed by atoms with van der Waals surface area (Å²) in [6, 6.07) is 3.41. The lowest BCUT2D eigenvalue weighted by Gasteiger charge is -2.36. The fraction of sp³-hybridized carbons (Fsp3) is 0.421. The standard InChI is InChI=1S/C19H24N4O4/c1-13-6-5-11-19(3,4)16(13)9-7-14(2)20-21-17-10-8-15(22(24)25)12-18(17)23(26)27/h6-10,12,16,21H,5,11H2,1-4H3/b9-7+,20-14-/t16-/m1/s1. The maximum absolute atomic E-state index is 11.2. The molecule has 1 aromatic rings. The highest BCUT2D eigenvalue weighted by Crippen LogP contribution is 2.41. The smallest absolute Gasteiger partial charge is 0.271 e. The lowest BCUT2D eigenvalue weighted by Crippen LogP contribution is -2.26. The highest BCUT2D eigenvalue weighted by Gasteiger charge is 2.30. The zero-order chi connectivity index (χ0) is 20.2. The Bertz CT molecular complexity index is 840. The molecule has 0 heterocycles. The van der Waals surface area contributed by atoms with E-state index < -0.39 is 15.5 Å². The van der Waals surface area contributed by atoms with Crippen LogP contribution in [0.3, 0.4) is 0 Å². The van der Waals surface area contributed by atoms with E-state index in [-0.39, 0.29) is 16.8 Å². The summed E-state index contributed by atoms with van der Waals surface area (Å²) in [5.74, 6) is 0.310. The van der Waals surface area contributed by atoms with E-state index in [4.69, 9.17) is 0 Å². The second-order valence-electron chi connectivity index (χ2n) is 7.39. The monoisotopic (exact) mass is 372 g/mol. The highest BCUT2D eigenvalue weighted by atomic mass is 16.6. The first kappa shape index (κ1) is 20.3. The van der Waals surface area contributed by atoms with Crippen LogP contribution in [-0.2, 0) is 0 Å². The van der Waals surface area contributed by atoms with Gasteiger partial charge < -0.3 is 0 Å². The summed E-state index contributed by atoms with van der Waals surface area (Å²) < 4.78 is 0. The van der Waals surface area contributed by atoms with Gasteiger partial charge in [-0.1, -0.05) is 31.6 Å². The molecule has 0 bridgehead atoms. The Morgan fingerprint density at radius 1 is 1.30 bits per heavy atom. The number of hydrogen-bond donors (Lipinski definition) is 1. The summed E-state index contributed by atoms with van der Waals surface area (Å²) in [6.45, 7) is 8.39. The minimum absolute atomic E-state index is 0.104. The van der Waals surface area contributed by atoms with Gasteiger partial charge in [0.2, 0.25) is 0 Å². The van der Waals surface area contributed by atoms with Crippen LogP contribution in [0.15, 0.2) is 47.1 Å². The van der Waals surface area contributed by atoms with Crippen LogP contribution >= 0.6 is 0 Å². The summed E-state index contributed by atoms with van der Waals surface area (Å²) >= 11 is 0. The van der Waals surface area contributed by atoms with Gasteiger partial charge in [0.05, 0.1) is 21.6 Å². The van der Waals surface area contributed by atoms with Crippen molar-refractivity contribution in [2.75, 3.05) is 5.43 Å². The van der Waals surface area contributed by atoms with Gasteiger partial charge in [0.15, 0.2) is 0 Å². The van der Waals surface area contributed by atoms with E-state index in [1.807, 2.05) is 6.08 Å². The molecule has 0 fully saturated rings. The van der Waals surface area contributed by atoms with Crippen LogP contribution in [0.2, 0.25) is 0 Å². The van der Waals surface area contributed by atoms with Crippen LogP contribution in [0, 0.1) is 31.6 Å². The fourth-order valence-electron chi connectivity index (χ4n) is 3.28. The van der Waals surface area contributed by atoms with Crippen molar-refractivity contribution in [3.63, 3.8) is 0 Å². The van der Waals surface area contributed by atoms with Gasteiger partial charge in [0.1, 0.15) is 5.69 Å². The number of non-ortho nitro benzene ring substituents is 1. The minimum Gasteiger partial charge on any atom is -0.271 e. The summed E-state index contributed by atoms with van der Waals surface area (Å²) in [7, 11) is 0. The van der Waals surface area contributed by atoms with Gasteiger partial charge in [0, 0.05) is 12.0 Å². The molecule has 1 atom stereocenters. The molecule has 0 unspecified atom stereocenters. The number of nitro benzene ring substituents is 2. The first-order valence-corrected chi connectivity index (χ1v) is 8.70. The molecule has 1 aromatic carbocycles. The van der Waals surface area contributed by atoms with Crippen molar-refractivity contribution < 1.29 is 9.85 Å². The molecule has 0 aromatic heterocycles.